The van der Waals surface area contributed by atoms with Gasteiger partial charge in [-0.15, -0.1) is 0 Å². The van der Waals surface area contributed by atoms with E-state index >= 15 is 0 Å². The molecule has 5 nitrogen and oxygen atoms in total. The molecule has 2 amide bonds. The number of halogens is 4. The lowest BCUT2D eigenvalue weighted by molar-refractivity contribution is -0.138. The molecule has 0 unspecified atom stereocenters. The molecular formula is C17H12F4N2O3S. The fourth-order valence-electron chi connectivity index (χ4n) is 2.09. The second-order valence-electron chi connectivity index (χ2n) is 5.22. The highest BCUT2D eigenvalue weighted by Crippen LogP contribution is 2.36. The normalized spacial score (nSPS) is 11.1. The Balaban J connectivity index is 2.32. The van der Waals surface area contributed by atoms with Gasteiger partial charge in [-0.3, -0.25) is 14.4 Å². The summed E-state index contributed by atoms with van der Waals surface area (Å²) in [6.07, 6.45) is -4.92. The predicted octanol–water partition coefficient (Wildman–Crippen LogP) is 2.99. The Labute approximate surface area is 154 Å². The van der Waals surface area contributed by atoms with Gasteiger partial charge in [0.2, 0.25) is 11.0 Å². The van der Waals surface area contributed by atoms with Crippen molar-refractivity contribution in [3.8, 4) is 0 Å². The average Bonchev–Trinajstić information content (AvgIpc) is 2.59. The lowest BCUT2D eigenvalue weighted by Gasteiger charge is -2.13. The van der Waals surface area contributed by atoms with Crippen LogP contribution < -0.4 is 11.1 Å². The minimum Gasteiger partial charge on any atom is -0.368 e. The number of nitrogens with two attached hydrogens (primary N) is 1. The fourth-order valence-corrected chi connectivity index (χ4v) is 2.99. The van der Waals surface area contributed by atoms with E-state index in [0.717, 1.165) is 12.1 Å². The number of benzene rings is 2. The second kappa shape index (κ2) is 8.21. The SMILES string of the molecule is NC(=O)CNC(=O)c1ccccc1SC(=O)c1ccc(F)cc1C(F)(F)F. The molecule has 0 radical (unpaired) electrons. The van der Waals surface area contributed by atoms with Gasteiger partial charge < -0.3 is 11.1 Å². The van der Waals surface area contributed by atoms with Gasteiger partial charge in [-0.05, 0) is 42.1 Å². The van der Waals surface area contributed by atoms with Gasteiger partial charge in [-0.1, -0.05) is 12.1 Å². The molecule has 0 aliphatic rings. The van der Waals surface area contributed by atoms with Gasteiger partial charge in [0.05, 0.1) is 17.7 Å². The molecule has 0 aromatic heterocycles. The number of carbonyl (C=O) groups is 3. The Bertz CT molecular complexity index is 900. The summed E-state index contributed by atoms with van der Waals surface area (Å²) in [5, 5.41) is 1.21. The summed E-state index contributed by atoms with van der Waals surface area (Å²) in [6, 6.07) is 7.37. The molecule has 142 valence electrons. The van der Waals surface area contributed by atoms with Crippen LogP contribution in [0.1, 0.15) is 26.3 Å². The first-order chi connectivity index (χ1) is 12.6. The van der Waals surface area contributed by atoms with Gasteiger partial charge >= 0.3 is 6.18 Å². The van der Waals surface area contributed by atoms with E-state index in [4.69, 9.17) is 5.73 Å². The Morgan fingerprint density at radius 1 is 1.04 bits per heavy atom. The lowest BCUT2D eigenvalue weighted by atomic mass is 10.1. The molecule has 0 spiro atoms. The number of thioether (sulfide) groups is 1. The number of carbonyl (C=O) groups excluding carboxylic acids is 3. The van der Waals surface area contributed by atoms with E-state index in [9.17, 15) is 31.9 Å². The molecule has 0 fully saturated rings. The number of alkyl halides is 3. The van der Waals surface area contributed by atoms with E-state index in [1.807, 2.05) is 0 Å². The van der Waals surface area contributed by atoms with Crippen LogP contribution in [-0.4, -0.2) is 23.5 Å². The second-order valence-corrected chi connectivity index (χ2v) is 6.24. The molecular weight excluding hydrogens is 388 g/mol. The van der Waals surface area contributed by atoms with Gasteiger partial charge in [-0.2, -0.15) is 13.2 Å². The molecule has 3 N–H and O–H groups in total. The van der Waals surface area contributed by atoms with Crippen LogP contribution in [0.25, 0.3) is 0 Å². The molecule has 0 aliphatic carbocycles. The average molecular weight is 400 g/mol. The largest absolute Gasteiger partial charge is 0.417 e. The first-order valence-corrected chi connectivity index (χ1v) is 8.15. The lowest BCUT2D eigenvalue weighted by Crippen LogP contribution is -2.33. The summed E-state index contributed by atoms with van der Waals surface area (Å²) >= 11 is 0.384. The van der Waals surface area contributed by atoms with Gasteiger partial charge in [0.15, 0.2) is 0 Å². The highest BCUT2D eigenvalue weighted by Gasteiger charge is 2.36. The summed E-state index contributed by atoms with van der Waals surface area (Å²) in [6.45, 7) is -0.442. The zero-order chi connectivity index (χ0) is 20.2. The summed E-state index contributed by atoms with van der Waals surface area (Å²) in [7, 11) is 0. The smallest absolute Gasteiger partial charge is 0.368 e. The summed E-state index contributed by atoms with van der Waals surface area (Å²) in [5.41, 5.74) is 2.77. The van der Waals surface area contributed by atoms with Crippen LogP contribution in [0.4, 0.5) is 17.6 Å². The number of rotatable bonds is 5. The highest BCUT2D eigenvalue weighted by molar-refractivity contribution is 8.14. The van der Waals surface area contributed by atoms with Crippen LogP contribution in [0.15, 0.2) is 47.4 Å². The summed E-state index contributed by atoms with van der Waals surface area (Å²) < 4.78 is 52.4. The fraction of sp³-hybridized carbons (Fsp3) is 0.118. The maximum Gasteiger partial charge on any atom is 0.417 e. The third-order valence-corrected chi connectivity index (χ3v) is 4.25. The van der Waals surface area contributed by atoms with Gasteiger partial charge in [0.25, 0.3) is 5.91 Å². The molecule has 2 aromatic carbocycles. The van der Waals surface area contributed by atoms with Crippen LogP contribution in [-0.2, 0) is 11.0 Å². The van der Waals surface area contributed by atoms with Crippen LogP contribution in [0.2, 0.25) is 0 Å². The molecule has 0 aliphatic heterocycles. The first kappa shape index (κ1) is 20.4. The minimum absolute atomic E-state index is 0.0206. The minimum atomic E-state index is -4.92. The summed E-state index contributed by atoms with van der Waals surface area (Å²) in [5.74, 6) is -2.64. The van der Waals surface area contributed by atoms with Crippen molar-refractivity contribution >= 4 is 28.7 Å². The maximum atomic E-state index is 13.2. The third-order valence-electron chi connectivity index (χ3n) is 3.26. The van der Waals surface area contributed by atoms with Crippen LogP contribution in [0.3, 0.4) is 0 Å². The molecule has 0 saturated heterocycles. The maximum absolute atomic E-state index is 13.2. The van der Waals surface area contributed by atoms with Crippen molar-refractivity contribution < 1.29 is 31.9 Å². The molecule has 10 heteroatoms. The molecule has 0 bridgehead atoms. The van der Waals surface area contributed by atoms with Crippen molar-refractivity contribution in [2.75, 3.05) is 6.54 Å². The standard InChI is InChI=1S/C17H12F4N2O3S/c18-9-5-6-10(12(7-9)17(19,20)21)16(26)27-13-4-2-1-3-11(13)15(25)23-8-14(22)24/h1-7H,8H2,(H2,22,24)(H,23,25). The zero-order valence-corrected chi connectivity index (χ0v) is 14.3. The topological polar surface area (TPSA) is 89.3 Å². The van der Waals surface area contributed by atoms with Crippen molar-refractivity contribution in [1.29, 1.82) is 0 Å². The van der Waals surface area contributed by atoms with E-state index in [0.29, 0.717) is 11.8 Å². The number of amides is 2. The first-order valence-electron chi connectivity index (χ1n) is 7.34. The Kier molecular flexibility index (Phi) is 6.21. The molecule has 27 heavy (non-hydrogen) atoms. The highest BCUT2D eigenvalue weighted by atomic mass is 32.2. The predicted molar refractivity (Wildman–Crippen MR) is 89.6 cm³/mol. The Morgan fingerprint density at radius 3 is 2.33 bits per heavy atom. The molecule has 2 aromatic rings. The quantitative estimate of drug-likeness (QED) is 0.597. The number of hydrogen-bond acceptors (Lipinski definition) is 4. The van der Waals surface area contributed by atoms with Gasteiger partial charge in [0.1, 0.15) is 5.82 Å². The van der Waals surface area contributed by atoms with Crippen LogP contribution in [0.5, 0.6) is 0 Å². The van der Waals surface area contributed by atoms with E-state index < -0.39 is 46.6 Å². The molecule has 0 saturated carbocycles. The van der Waals surface area contributed by atoms with E-state index in [1.54, 1.807) is 0 Å². The van der Waals surface area contributed by atoms with Crippen molar-refractivity contribution in [2.24, 2.45) is 5.73 Å². The molecule has 0 heterocycles. The monoisotopic (exact) mass is 400 g/mol. The van der Waals surface area contributed by atoms with Crippen LogP contribution in [0, 0.1) is 5.82 Å². The molecule has 2 rings (SSSR count). The number of primary amides is 1. The van der Waals surface area contributed by atoms with E-state index in [1.165, 1.54) is 24.3 Å². The molecule has 0 atom stereocenters. The number of nitrogens with one attached hydrogen (secondary N) is 1. The number of hydrogen-bond donors (Lipinski definition) is 2. The van der Waals surface area contributed by atoms with E-state index in [2.05, 4.69) is 5.32 Å². The van der Waals surface area contributed by atoms with Gasteiger partial charge in [0, 0.05) is 10.5 Å². The Hall–Kier alpha value is -2.88. The zero-order valence-electron chi connectivity index (χ0n) is 13.5. The van der Waals surface area contributed by atoms with Crippen LogP contribution >= 0.6 is 11.8 Å². The van der Waals surface area contributed by atoms with E-state index in [-0.39, 0.29) is 16.5 Å². The summed E-state index contributed by atoms with van der Waals surface area (Å²) in [4.78, 5) is 35.3. The Morgan fingerprint density at radius 2 is 1.70 bits per heavy atom. The third kappa shape index (κ3) is 5.30. The van der Waals surface area contributed by atoms with Crippen molar-refractivity contribution in [3.63, 3.8) is 0 Å². The van der Waals surface area contributed by atoms with Crippen molar-refractivity contribution in [3.05, 3.63) is 65.0 Å². The van der Waals surface area contributed by atoms with Crippen molar-refractivity contribution in [1.82, 2.24) is 5.32 Å². The van der Waals surface area contributed by atoms with Crippen molar-refractivity contribution in [2.45, 2.75) is 11.1 Å². The van der Waals surface area contributed by atoms with Gasteiger partial charge in [-0.25, -0.2) is 4.39 Å².